The molecule has 18 heavy (non-hydrogen) atoms. The molecule has 2 amide bonds. The fourth-order valence-corrected chi connectivity index (χ4v) is 1.42. The van der Waals surface area contributed by atoms with Gasteiger partial charge in [-0.2, -0.15) is 0 Å². The van der Waals surface area contributed by atoms with Gasteiger partial charge in [-0.1, -0.05) is 25.5 Å². The highest BCUT2D eigenvalue weighted by atomic mass is 16.3. The monoisotopic (exact) mass is 256 g/mol. The summed E-state index contributed by atoms with van der Waals surface area (Å²) >= 11 is 0. The average Bonchev–Trinajstić information content (AvgIpc) is 2.21. The molecule has 0 bridgehead atoms. The van der Waals surface area contributed by atoms with Gasteiger partial charge in [-0.3, -0.25) is 9.59 Å². The van der Waals surface area contributed by atoms with Crippen LogP contribution in [0, 0.1) is 5.92 Å². The number of primary amides is 1. The van der Waals surface area contributed by atoms with Gasteiger partial charge in [-0.05, 0) is 32.6 Å². The summed E-state index contributed by atoms with van der Waals surface area (Å²) in [6, 6.07) is -0.769. The van der Waals surface area contributed by atoms with Gasteiger partial charge in [0.05, 0.1) is 0 Å². The van der Waals surface area contributed by atoms with Gasteiger partial charge in [0, 0.05) is 0 Å². The van der Waals surface area contributed by atoms with Crippen molar-refractivity contribution < 1.29 is 14.7 Å². The van der Waals surface area contributed by atoms with E-state index in [2.05, 4.69) is 5.32 Å². The van der Waals surface area contributed by atoms with E-state index >= 15 is 0 Å². The van der Waals surface area contributed by atoms with Crippen LogP contribution in [0.25, 0.3) is 0 Å². The van der Waals surface area contributed by atoms with Crippen molar-refractivity contribution in [2.45, 2.75) is 52.7 Å². The van der Waals surface area contributed by atoms with E-state index in [4.69, 9.17) is 5.73 Å². The fourth-order valence-electron chi connectivity index (χ4n) is 1.42. The van der Waals surface area contributed by atoms with E-state index < -0.39 is 24.0 Å². The second kappa shape index (κ2) is 7.87. The van der Waals surface area contributed by atoms with E-state index in [-0.39, 0.29) is 5.92 Å². The van der Waals surface area contributed by atoms with E-state index in [1.807, 2.05) is 33.8 Å². The minimum Gasteiger partial charge on any atom is -0.383 e. The third-order valence-corrected chi connectivity index (χ3v) is 2.42. The van der Waals surface area contributed by atoms with Crippen molar-refractivity contribution in [3.8, 4) is 0 Å². The SMILES string of the molecule is CC(C)=CC[C@@H](NC(=O)[C@@H](O)CC(C)C)C(N)=O. The standard InChI is InChI=1S/C13H24N2O3/c1-8(2)5-6-10(12(14)17)15-13(18)11(16)7-9(3)4/h5,9-11,16H,6-7H2,1-4H3,(H2,14,17)(H,15,18)/t10-,11+/m1/s1. The summed E-state index contributed by atoms with van der Waals surface area (Å²) < 4.78 is 0. The predicted octanol–water partition coefficient (Wildman–Crippen LogP) is 0.720. The van der Waals surface area contributed by atoms with Crippen LogP contribution in [0.1, 0.15) is 40.5 Å². The molecule has 0 saturated heterocycles. The van der Waals surface area contributed by atoms with Gasteiger partial charge in [0.15, 0.2) is 0 Å². The number of hydrogen-bond donors (Lipinski definition) is 3. The first kappa shape index (κ1) is 16.6. The Bertz CT molecular complexity index is 320. The first-order chi connectivity index (χ1) is 8.23. The Hall–Kier alpha value is -1.36. The molecule has 104 valence electrons. The van der Waals surface area contributed by atoms with Crippen molar-refractivity contribution in [1.82, 2.24) is 5.32 Å². The Kier molecular flexibility index (Phi) is 7.27. The number of nitrogens with one attached hydrogen (secondary N) is 1. The van der Waals surface area contributed by atoms with Crippen LogP contribution in [0.4, 0.5) is 0 Å². The molecule has 4 N–H and O–H groups in total. The van der Waals surface area contributed by atoms with Crippen LogP contribution in [0.5, 0.6) is 0 Å². The molecule has 0 aliphatic carbocycles. The number of aliphatic hydroxyl groups excluding tert-OH is 1. The molecule has 0 saturated carbocycles. The molecular formula is C13H24N2O3. The van der Waals surface area contributed by atoms with Crippen LogP contribution < -0.4 is 11.1 Å². The number of rotatable bonds is 7. The highest BCUT2D eigenvalue weighted by Crippen LogP contribution is 2.05. The summed E-state index contributed by atoms with van der Waals surface area (Å²) in [7, 11) is 0. The number of nitrogens with two attached hydrogens (primary N) is 1. The number of carbonyl (C=O) groups excluding carboxylic acids is 2. The lowest BCUT2D eigenvalue weighted by Crippen LogP contribution is -2.48. The van der Waals surface area contributed by atoms with E-state index in [1.165, 1.54) is 0 Å². The lowest BCUT2D eigenvalue weighted by Gasteiger charge is -2.18. The van der Waals surface area contributed by atoms with Crippen LogP contribution in [-0.4, -0.2) is 29.1 Å². The molecule has 0 fully saturated rings. The van der Waals surface area contributed by atoms with Crippen LogP contribution >= 0.6 is 0 Å². The van der Waals surface area contributed by atoms with Gasteiger partial charge < -0.3 is 16.2 Å². The molecular weight excluding hydrogens is 232 g/mol. The van der Waals surface area contributed by atoms with Crippen LogP contribution in [0.3, 0.4) is 0 Å². The molecule has 0 aromatic rings. The van der Waals surface area contributed by atoms with Crippen LogP contribution in [0.2, 0.25) is 0 Å². The normalized spacial score (nSPS) is 13.9. The third-order valence-electron chi connectivity index (χ3n) is 2.42. The van der Waals surface area contributed by atoms with Crippen molar-refractivity contribution in [2.24, 2.45) is 11.7 Å². The summed E-state index contributed by atoms with van der Waals surface area (Å²) in [6.45, 7) is 7.61. The minimum absolute atomic E-state index is 0.204. The number of carbonyl (C=O) groups is 2. The lowest BCUT2D eigenvalue weighted by atomic mass is 10.0. The summed E-state index contributed by atoms with van der Waals surface area (Å²) in [4.78, 5) is 22.8. The van der Waals surface area contributed by atoms with Crippen molar-refractivity contribution in [2.75, 3.05) is 0 Å². The Morgan fingerprint density at radius 3 is 2.28 bits per heavy atom. The molecule has 0 unspecified atom stereocenters. The van der Waals surface area contributed by atoms with Gasteiger partial charge in [0.2, 0.25) is 11.8 Å². The smallest absolute Gasteiger partial charge is 0.249 e. The first-order valence-electron chi connectivity index (χ1n) is 6.15. The number of aliphatic hydroxyl groups is 1. The molecule has 0 rings (SSSR count). The maximum absolute atomic E-state index is 11.6. The predicted molar refractivity (Wildman–Crippen MR) is 70.6 cm³/mol. The van der Waals surface area contributed by atoms with E-state index in [0.29, 0.717) is 12.8 Å². The molecule has 5 nitrogen and oxygen atoms in total. The summed E-state index contributed by atoms with van der Waals surface area (Å²) in [6.07, 6.45) is 1.43. The molecule has 5 heteroatoms. The van der Waals surface area contributed by atoms with Crippen molar-refractivity contribution in [3.05, 3.63) is 11.6 Å². The van der Waals surface area contributed by atoms with Crippen LogP contribution in [0.15, 0.2) is 11.6 Å². The highest BCUT2D eigenvalue weighted by Gasteiger charge is 2.22. The Balaban J connectivity index is 4.45. The zero-order valence-corrected chi connectivity index (χ0v) is 11.6. The first-order valence-corrected chi connectivity index (χ1v) is 6.15. The van der Waals surface area contributed by atoms with Crippen molar-refractivity contribution >= 4 is 11.8 Å². The molecule has 0 spiro atoms. The van der Waals surface area contributed by atoms with E-state index in [1.54, 1.807) is 0 Å². The number of hydrogen-bond acceptors (Lipinski definition) is 3. The summed E-state index contributed by atoms with van der Waals surface area (Å²) in [5.74, 6) is -0.942. The van der Waals surface area contributed by atoms with E-state index in [0.717, 1.165) is 5.57 Å². The molecule has 0 aromatic heterocycles. The highest BCUT2D eigenvalue weighted by molar-refractivity contribution is 5.88. The second-order valence-corrected chi connectivity index (χ2v) is 5.13. The zero-order valence-electron chi connectivity index (χ0n) is 11.6. The maximum atomic E-state index is 11.6. The lowest BCUT2D eigenvalue weighted by molar-refractivity contribution is -0.133. The van der Waals surface area contributed by atoms with Gasteiger partial charge in [0.1, 0.15) is 12.1 Å². The minimum atomic E-state index is -1.10. The van der Waals surface area contributed by atoms with Crippen molar-refractivity contribution in [1.29, 1.82) is 0 Å². The molecule has 0 heterocycles. The number of amides is 2. The van der Waals surface area contributed by atoms with Gasteiger partial charge >= 0.3 is 0 Å². The Labute approximate surface area is 108 Å². The summed E-state index contributed by atoms with van der Waals surface area (Å²) in [5.41, 5.74) is 6.25. The molecule has 0 aliphatic rings. The quantitative estimate of drug-likeness (QED) is 0.586. The van der Waals surface area contributed by atoms with E-state index in [9.17, 15) is 14.7 Å². The Morgan fingerprint density at radius 2 is 1.89 bits per heavy atom. The largest absolute Gasteiger partial charge is 0.383 e. The average molecular weight is 256 g/mol. The van der Waals surface area contributed by atoms with Crippen molar-refractivity contribution in [3.63, 3.8) is 0 Å². The fraction of sp³-hybridized carbons (Fsp3) is 0.692. The maximum Gasteiger partial charge on any atom is 0.249 e. The molecule has 0 radical (unpaired) electrons. The molecule has 0 aliphatic heterocycles. The topological polar surface area (TPSA) is 92.4 Å². The summed E-state index contributed by atoms with van der Waals surface area (Å²) in [5, 5.41) is 12.1. The van der Waals surface area contributed by atoms with Gasteiger partial charge in [0.25, 0.3) is 0 Å². The van der Waals surface area contributed by atoms with Crippen LogP contribution in [-0.2, 0) is 9.59 Å². The molecule has 2 atom stereocenters. The van der Waals surface area contributed by atoms with Gasteiger partial charge in [-0.15, -0.1) is 0 Å². The third kappa shape index (κ3) is 7.06. The zero-order chi connectivity index (χ0) is 14.3. The molecule has 0 aromatic carbocycles. The number of allylic oxidation sites excluding steroid dienone is 1. The van der Waals surface area contributed by atoms with Gasteiger partial charge in [-0.25, -0.2) is 0 Å². The second-order valence-electron chi connectivity index (χ2n) is 5.13. The Morgan fingerprint density at radius 1 is 1.33 bits per heavy atom.